The Balaban J connectivity index is 2.62. The largest absolute Gasteiger partial charge is 0.384 e. The summed E-state index contributed by atoms with van der Waals surface area (Å²) in [6.07, 6.45) is 3.52. The van der Waals surface area contributed by atoms with E-state index in [9.17, 15) is 4.79 Å². The molecule has 0 aliphatic carbocycles. The van der Waals surface area contributed by atoms with Gasteiger partial charge in [-0.15, -0.1) is 0 Å². The summed E-state index contributed by atoms with van der Waals surface area (Å²) in [5, 5.41) is 2.91. The van der Waals surface area contributed by atoms with E-state index in [2.05, 4.69) is 12.2 Å². The molecule has 4 nitrogen and oxygen atoms in total. The van der Waals surface area contributed by atoms with E-state index in [-0.39, 0.29) is 5.91 Å². The minimum absolute atomic E-state index is 0.113. The van der Waals surface area contributed by atoms with Gasteiger partial charge in [-0.3, -0.25) is 4.79 Å². The van der Waals surface area contributed by atoms with Crippen LogP contribution >= 0.6 is 0 Å². The molecule has 4 heteroatoms. The molecule has 1 amide bonds. The first-order valence-corrected chi connectivity index (χ1v) is 6.82. The Morgan fingerprint density at radius 2 is 2.16 bits per heavy atom. The highest BCUT2D eigenvalue weighted by molar-refractivity contribution is 5.95. The zero-order valence-electron chi connectivity index (χ0n) is 11.8. The molecule has 1 atom stereocenters. The lowest BCUT2D eigenvalue weighted by Gasteiger charge is -2.14. The van der Waals surface area contributed by atoms with Gasteiger partial charge < -0.3 is 15.8 Å². The van der Waals surface area contributed by atoms with Gasteiger partial charge in [0.1, 0.15) is 0 Å². The van der Waals surface area contributed by atoms with E-state index in [0.29, 0.717) is 6.61 Å². The smallest absolute Gasteiger partial charge is 0.241 e. The topological polar surface area (TPSA) is 64.4 Å². The third kappa shape index (κ3) is 5.41. The fourth-order valence-electron chi connectivity index (χ4n) is 1.85. The number of rotatable bonds is 8. The zero-order valence-corrected chi connectivity index (χ0v) is 11.8. The minimum atomic E-state index is -0.435. The minimum Gasteiger partial charge on any atom is -0.384 e. The van der Waals surface area contributed by atoms with Crippen LogP contribution in [0.25, 0.3) is 0 Å². The molecule has 0 saturated heterocycles. The standard InChI is InChI=1S/C15H24N2O2/c1-3-4-8-13(16)15(18)17-14-9-6-5-7-12(14)10-11-19-2/h5-7,9,13H,3-4,8,10-11,16H2,1-2H3,(H,17,18). The summed E-state index contributed by atoms with van der Waals surface area (Å²) in [4.78, 5) is 12.0. The molecule has 19 heavy (non-hydrogen) atoms. The number of para-hydroxylation sites is 1. The average Bonchev–Trinajstić information content (AvgIpc) is 2.43. The average molecular weight is 264 g/mol. The zero-order chi connectivity index (χ0) is 14.1. The van der Waals surface area contributed by atoms with Gasteiger partial charge in [0.25, 0.3) is 0 Å². The van der Waals surface area contributed by atoms with Crippen LogP contribution in [0.1, 0.15) is 31.7 Å². The predicted molar refractivity (Wildman–Crippen MR) is 78.2 cm³/mol. The number of carbonyl (C=O) groups is 1. The van der Waals surface area contributed by atoms with Crippen molar-refractivity contribution in [2.24, 2.45) is 5.73 Å². The molecule has 1 rings (SSSR count). The van der Waals surface area contributed by atoms with Crippen molar-refractivity contribution in [3.05, 3.63) is 29.8 Å². The van der Waals surface area contributed by atoms with Gasteiger partial charge in [0, 0.05) is 12.8 Å². The second-order valence-corrected chi connectivity index (χ2v) is 4.64. The highest BCUT2D eigenvalue weighted by Crippen LogP contribution is 2.16. The van der Waals surface area contributed by atoms with Crippen LogP contribution in [0, 0.1) is 0 Å². The molecule has 0 aliphatic heterocycles. The fourth-order valence-corrected chi connectivity index (χ4v) is 1.85. The van der Waals surface area contributed by atoms with Gasteiger partial charge in [-0.25, -0.2) is 0 Å². The summed E-state index contributed by atoms with van der Waals surface area (Å²) in [6.45, 7) is 2.72. The quantitative estimate of drug-likeness (QED) is 0.757. The van der Waals surface area contributed by atoms with Crippen LogP contribution in [-0.4, -0.2) is 25.7 Å². The number of methoxy groups -OCH3 is 1. The maximum absolute atomic E-state index is 12.0. The predicted octanol–water partition coefficient (Wildman–Crippen LogP) is 2.33. The van der Waals surface area contributed by atoms with E-state index in [0.717, 1.165) is 36.9 Å². The molecule has 0 spiro atoms. The molecule has 1 aromatic rings. The van der Waals surface area contributed by atoms with Gasteiger partial charge in [-0.1, -0.05) is 38.0 Å². The first-order valence-electron chi connectivity index (χ1n) is 6.82. The third-order valence-electron chi connectivity index (χ3n) is 3.06. The summed E-state index contributed by atoms with van der Waals surface area (Å²) in [5.41, 5.74) is 7.76. The summed E-state index contributed by atoms with van der Waals surface area (Å²) in [6, 6.07) is 7.32. The van der Waals surface area contributed by atoms with Gasteiger partial charge in [0.2, 0.25) is 5.91 Å². The Hall–Kier alpha value is -1.39. The number of ether oxygens (including phenoxy) is 1. The maximum atomic E-state index is 12.0. The summed E-state index contributed by atoms with van der Waals surface area (Å²) < 4.78 is 5.07. The molecular formula is C15H24N2O2. The Morgan fingerprint density at radius 1 is 1.42 bits per heavy atom. The SMILES string of the molecule is CCCCC(N)C(=O)Nc1ccccc1CCOC. The fraction of sp³-hybridized carbons (Fsp3) is 0.533. The van der Waals surface area contributed by atoms with Crippen LogP contribution in [-0.2, 0) is 16.0 Å². The lowest BCUT2D eigenvalue weighted by molar-refractivity contribution is -0.117. The second-order valence-electron chi connectivity index (χ2n) is 4.64. The Bertz CT molecular complexity index is 393. The molecule has 0 heterocycles. The Kier molecular flexibility index (Phi) is 7.15. The number of nitrogens with two attached hydrogens (primary N) is 1. The first kappa shape index (κ1) is 15.7. The van der Waals surface area contributed by atoms with Crippen LogP contribution in [0.2, 0.25) is 0 Å². The number of hydrogen-bond donors (Lipinski definition) is 2. The third-order valence-corrected chi connectivity index (χ3v) is 3.06. The van der Waals surface area contributed by atoms with E-state index in [1.807, 2.05) is 24.3 Å². The van der Waals surface area contributed by atoms with Crippen molar-refractivity contribution in [3.63, 3.8) is 0 Å². The van der Waals surface area contributed by atoms with Crippen molar-refractivity contribution < 1.29 is 9.53 Å². The molecule has 0 fully saturated rings. The number of amides is 1. The van der Waals surface area contributed by atoms with Crippen LogP contribution < -0.4 is 11.1 Å². The van der Waals surface area contributed by atoms with E-state index < -0.39 is 6.04 Å². The number of hydrogen-bond acceptors (Lipinski definition) is 3. The first-order chi connectivity index (χ1) is 9.19. The molecule has 1 aromatic carbocycles. The maximum Gasteiger partial charge on any atom is 0.241 e. The van der Waals surface area contributed by atoms with Crippen LogP contribution in [0.3, 0.4) is 0 Å². The van der Waals surface area contributed by atoms with Crippen molar-refractivity contribution in [2.75, 3.05) is 19.0 Å². The lowest BCUT2D eigenvalue weighted by atomic mass is 10.1. The second kappa shape index (κ2) is 8.67. The Labute approximate surface area is 115 Å². The van der Waals surface area contributed by atoms with Crippen molar-refractivity contribution in [2.45, 2.75) is 38.6 Å². The normalized spacial score (nSPS) is 12.2. The number of anilines is 1. The molecule has 0 saturated carbocycles. The summed E-state index contributed by atoms with van der Waals surface area (Å²) >= 11 is 0. The monoisotopic (exact) mass is 264 g/mol. The Morgan fingerprint density at radius 3 is 2.84 bits per heavy atom. The van der Waals surface area contributed by atoms with Crippen molar-refractivity contribution >= 4 is 11.6 Å². The van der Waals surface area contributed by atoms with Crippen LogP contribution in [0.4, 0.5) is 5.69 Å². The van der Waals surface area contributed by atoms with Crippen molar-refractivity contribution in [3.8, 4) is 0 Å². The highest BCUT2D eigenvalue weighted by atomic mass is 16.5. The number of nitrogens with one attached hydrogen (secondary N) is 1. The van der Waals surface area contributed by atoms with Crippen molar-refractivity contribution in [1.29, 1.82) is 0 Å². The molecule has 0 aliphatic rings. The number of benzene rings is 1. The van der Waals surface area contributed by atoms with Gasteiger partial charge in [-0.2, -0.15) is 0 Å². The molecular weight excluding hydrogens is 240 g/mol. The van der Waals surface area contributed by atoms with E-state index in [1.165, 1.54) is 0 Å². The van der Waals surface area contributed by atoms with Gasteiger partial charge in [0.05, 0.1) is 12.6 Å². The number of carbonyl (C=O) groups excluding carboxylic acids is 1. The van der Waals surface area contributed by atoms with Gasteiger partial charge in [-0.05, 0) is 24.5 Å². The van der Waals surface area contributed by atoms with Crippen LogP contribution in [0.5, 0.6) is 0 Å². The molecule has 1 unspecified atom stereocenters. The molecule has 3 N–H and O–H groups in total. The van der Waals surface area contributed by atoms with E-state index in [4.69, 9.17) is 10.5 Å². The van der Waals surface area contributed by atoms with Crippen molar-refractivity contribution in [1.82, 2.24) is 0 Å². The summed E-state index contributed by atoms with van der Waals surface area (Å²) in [5.74, 6) is -0.113. The molecule has 0 radical (unpaired) electrons. The van der Waals surface area contributed by atoms with E-state index >= 15 is 0 Å². The number of unbranched alkanes of at least 4 members (excludes halogenated alkanes) is 1. The molecule has 106 valence electrons. The van der Waals surface area contributed by atoms with Gasteiger partial charge in [0.15, 0.2) is 0 Å². The highest BCUT2D eigenvalue weighted by Gasteiger charge is 2.14. The van der Waals surface area contributed by atoms with Gasteiger partial charge >= 0.3 is 0 Å². The lowest BCUT2D eigenvalue weighted by Crippen LogP contribution is -2.35. The molecule has 0 aromatic heterocycles. The van der Waals surface area contributed by atoms with E-state index in [1.54, 1.807) is 7.11 Å². The summed E-state index contributed by atoms with van der Waals surface area (Å²) in [7, 11) is 1.67. The van der Waals surface area contributed by atoms with Crippen LogP contribution in [0.15, 0.2) is 24.3 Å². The molecule has 0 bridgehead atoms.